The molecule has 0 aromatic heterocycles. The molecule has 0 aliphatic carbocycles. The standard InChI is InChI=1S/C15H17NO2/c1-2-3-4-7-12(10-15(17)18)14-9-6-5-8-13(14)11-16/h5-6,8-10H,2-4,7H2,1H3,(H,17,18). The number of hydrogen-bond donors (Lipinski definition) is 1. The number of unbranched alkanes of at least 4 members (excludes halogenated alkanes) is 2. The average molecular weight is 243 g/mol. The van der Waals surface area contributed by atoms with Gasteiger partial charge in [0.15, 0.2) is 0 Å². The van der Waals surface area contributed by atoms with Crippen molar-refractivity contribution in [3.63, 3.8) is 0 Å². The minimum Gasteiger partial charge on any atom is -0.478 e. The van der Waals surface area contributed by atoms with Gasteiger partial charge in [-0.3, -0.25) is 0 Å². The van der Waals surface area contributed by atoms with Crippen LogP contribution in [0.15, 0.2) is 30.3 Å². The van der Waals surface area contributed by atoms with Crippen LogP contribution in [0.1, 0.15) is 43.7 Å². The minimum atomic E-state index is -0.964. The van der Waals surface area contributed by atoms with Gasteiger partial charge < -0.3 is 5.11 Å². The van der Waals surface area contributed by atoms with Gasteiger partial charge in [0.2, 0.25) is 0 Å². The first kappa shape index (κ1) is 14.0. The van der Waals surface area contributed by atoms with Gasteiger partial charge in [-0.1, -0.05) is 38.0 Å². The second-order valence-electron chi connectivity index (χ2n) is 4.12. The molecule has 0 bridgehead atoms. The van der Waals surface area contributed by atoms with Gasteiger partial charge in [0, 0.05) is 6.08 Å². The molecule has 18 heavy (non-hydrogen) atoms. The molecule has 0 amide bonds. The zero-order valence-corrected chi connectivity index (χ0v) is 10.5. The number of benzene rings is 1. The maximum Gasteiger partial charge on any atom is 0.328 e. The largest absolute Gasteiger partial charge is 0.478 e. The summed E-state index contributed by atoms with van der Waals surface area (Å²) in [6, 6.07) is 9.23. The summed E-state index contributed by atoms with van der Waals surface area (Å²) in [7, 11) is 0. The third kappa shape index (κ3) is 4.06. The van der Waals surface area contributed by atoms with Crippen molar-refractivity contribution in [1.29, 1.82) is 5.26 Å². The van der Waals surface area contributed by atoms with E-state index in [1.807, 2.05) is 6.07 Å². The summed E-state index contributed by atoms with van der Waals surface area (Å²) in [5.74, 6) is -0.964. The zero-order valence-electron chi connectivity index (χ0n) is 10.5. The van der Waals surface area contributed by atoms with Crippen LogP contribution in [0.5, 0.6) is 0 Å². The molecule has 0 spiro atoms. The summed E-state index contributed by atoms with van der Waals surface area (Å²) in [5, 5.41) is 18.0. The van der Waals surface area contributed by atoms with Crippen LogP contribution in [0.25, 0.3) is 5.57 Å². The van der Waals surface area contributed by atoms with E-state index in [1.165, 1.54) is 6.08 Å². The molecule has 1 rings (SSSR count). The minimum absolute atomic E-state index is 0.529. The zero-order chi connectivity index (χ0) is 13.4. The van der Waals surface area contributed by atoms with Crippen molar-refractivity contribution < 1.29 is 9.90 Å². The molecule has 0 unspecified atom stereocenters. The van der Waals surface area contributed by atoms with Gasteiger partial charge in [-0.2, -0.15) is 5.26 Å². The van der Waals surface area contributed by atoms with Crippen LogP contribution >= 0.6 is 0 Å². The van der Waals surface area contributed by atoms with Crippen molar-refractivity contribution >= 4 is 11.5 Å². The molecular weight excluding hydrogens is 226 g/mol. The van der Waals surface area contributed by atoms with Crippen LogP contribution < -0.4 is 0 Å². The number of allylic oxidation sites excluding steroid dienone is 1. The maximum atomic E-state index is 10.9. The van der Waals surface area contributed by atoms with Crippen molar-refractivity contribution in [2.75, 3.05) is 0 Å². The van der Waals surface area contributed by atoms with Gasteiger partial charge in [-0.25, -0.2) is 4.79 Å². The fourth-order valence-electron chi connectivity index (χ4n) is 1.86. The van der Waals surface area contributed by atoms with Crippen LogP contribution in [-0.2, 0) is 4.79 Å². The van der Waals surface area contributed by atoms with E-state index < -0.39 is 5.97 Å². The van der Waals surface area contributed by atoms with Gasteiger partial charge in [-0.15, -0.1) is 0 Å². The first-order valence-electron chi connectivity index (χ1n) is 6.12. The van der Waals surface area contributed by atoms with E-state index in [0.717, 1.165) is 30.4 Å². The highest BCUT2D eigenvalue weighted by Crippen LogP contribution is 2.24. The first-order chi connectivity index (χ1) is 8.69. The molecule has 94 valence electrons. The van der Waals surface area contributed by atoms with Crippen molar-refractivity contribution in [2.45, 2.75) is 32.6 Å². The van der Waals surface area contributed by atoms with E-state index in [1.54, 1.807) is 18.2 Å². The van der Waals surface area contributed by atoms with Crippen molar-refractivity contribution in [2.24, 2.45) is 0 Å². The predicted octanol–water partition coefficient (Wildman–Crippen LogP) is 3.61. The lowest BCUT2D eigenvalue weighted by Gasteiger charge is -2.08. The summed E-state index contributed by atoms with van der Waals surface area (Å²) >= 11 is 0. The molecule has 0 saturated heterocycles. The van der Waals surface area contributed by atoms with Crippen LogP contribution in [0, 0.1) is 11.3 Å². The normalized spacial score (nSPS) is 11.0. The third-order valence-corrected chi connectivity index (χ3v) is 2.74. The van der Waals surface area contributed by atoms with Gasteiger partial charge in [0.05, 0.1) is 11.6 Å². The molecule has 0 saturated carbocycles. The Morgan fingerprint density at radius 1 is 1.39 bits per heavy atom. The van der Waals surface area contributed by atoms with E-state index >= 15 is 0 Å². The van der Waals surface area contributed by atoms with E-state index in [-0.39, 0.29) is 0 Å². The number of rotatable bonds is 6. The number of carbonyl (C=O) groups is 1. The Bertz CT molecular complexity index is 484. The van der Waals surface area contributed by atoms with Crippen molar-refractivity contribution in [3.05, 3.63) is 41.5 Å². The van der Waals surface area contributed by atoms with Crippen molar-refractivity contribution in [1.82, 2.24) is 0 Å². The number of carboxylic acid groups (broad SMARTS) is 1. The average Bonchev–Trinajstić information content (AvgIpc) is 2.37. The Labute approximate surface area is 107 Å². The lowest BCUT2D eigenvalue weighted by Crippen LogP contribution is -1.95. The SMILES string of the molecule is CCCCCC(=CC(=O)O)c1ccccc1C#N. The topological polar surface area (TPSA) is 61.1 Å². The molecule has 0 radical (unpaired) electrons. The highest BCUT2D eigenvalue weighted by molar-refractivity contribution is 5.90. The Hall–Kier alpha value is -2.08. The molecule has 0 heterocycles. The number of aliphatic carboxylic acids is 1. The van der Waals surface area contributed by atoms with Gasteiger partial charge in [0.1, 0.15) is 0 Å². The monoisotopic (exact) mass is 243 g/mol. The fraction of sp³-hybridized carbons (Fsp3) is 0.333. The lowest BCUT2D eigenvalue weighted by molar-refractivity contribution is -0.131. The molecule has 0 aliphatic heterocycles. The molecule has 0 fully saturated rings. The number of carboxylic acids is 1. The van der Waals surface area contributed by atoms with E-state index in [4.69, 9.17) is 10.4 Å². The van der Waals surface area contributed by atoms with Crippen LogP contribution in [0.4, 0.5) is 0 Å². The summed E-state index contributed by atoms with van der Waals surface area (Å²) < 4.78 is 0. The number of hydrogen-bond acceptors (Lipinski definition) is 2. The molecule has 0 aliphatic rings. The highest BCUT2D eigenvalue weighted by Gasteiger charge is 2.08. The second-order valence-corrected chi connectivity index (χ2v) is 4.12. The smallest absolute Gasteiger partial charge is 0.328 e. The quantitative estimate of drug-likeness (QED) is 0.613. The van der Waals surface area contributed by atoms with Gasteiger partial charge in [0.25, 0.3) is 0 Å². The lowest BCUT2D eigenvalue weighted by atomic mass is 9.95. The summed E-state index contributed by atoms with van der Waals surface area (Å²) in [6.45, 7) is 2.10. The fourth-order valence-corrected chi connectivity index (χ4v) is 1.86. The van der Waals surface area contributed by atoms with Gasteiger partial charge >= 0.3 is 5.97 Å². The van der Waals surface area contributed by atoms with Crippen LogP contribution in [-0.4, -0.2) is 11.1 Å². The first-order valence-corrected chi connectivity index (χ1v) is 6.12. The van der Waals surface area contributed by atoms with Crippen LogP contribution in [0.2, 0.25) is 0 Å². The number of nitrogens with zero attached hydrogens (tertiary/aromatic N) is 1. The Morgan fingerprint density at radius 2 is 2.11 bits per heavy atom. The second kappa shape index (κ2) is 7.29. The van der Waals surface area contributed by atoms with E-state index in [2.05, 4.69) is 13.0 Å². The molecule has 3 heteroatoms. The molecule has 3 nitrogen and oxygen atoms in total. The Kier molecular flexibility index (Phi) is 5.66. The third-order valence-electron chi connectivity index (χ3n) is 2.74. The molecule has 0 atom stereocenters. The molecule has 1 N–H and O–H groups in total. The van der Waals surface area contributed by atoms with E-state index in [0.29, 0.717) is 12.0 Å². The Morgan fingerprint density at radius 3 is 2.72 bits per heavy atom. The summed E-state index contributed by atoms with van der Waals surface area (Å²) in [4.78, 5) is 10.9. The van der Waals surface area contributed by atoms with Crippen LogP contribution in [0.3, 0.4) is 0 Å². The summed E-state index contributed by atoms with van der Waals surface area (Å²) in [5.41, 5.74) is 1.99. The Balaban J connectivity index is 3.03. The molecule has 1 aromatic rings. The maximum absolute atomic E-state index is 10.9. The molecular formula is C15H17NO2. The van der Waals surface area contributed by atoms with Gasteiger partial charge in [-0.05, 0) is 30.0 Å². The summed E-state index contributed by atoms with van der Waals surface area (Å²) in [6.07, 6.45) is 4.99. The number of nitriles is 1. The molecule has 1 aromatic carbocycles. The predicted molar refractivity (Wildman–Crippen MR) is 70.9 cm³/mol. The highest BCUT2D eigenvalue weighted by atomic mass is 16.4. The van der Waals surface area contributed by atoms with Crippen molar-refractivity contribution in [3.8, 4) is 6.07 Å². The van der Waals surface area contributed by atoms with E-state index in [9.17, 15) is 4.79 Å².